The van der Waals surface area contributed by atoms with Crippen LogP contribution < -0.4 is 5.32 Å². The molecule has 0 aromatic heterocycles. The molecule has 0 spiro atoms. The first kappa shape index (κ1) is 15.1. The Balaban J connectivity index is 1.70. The first-order chi connectivity index (χ1) is 10.4. The average Bonchev–Trinajstić information content (AvgIpc) is 3.06. The van der Waals surface area contributed by atoms with Crippen molar-refractivity contribution in [1.29, 1.82) is 0 Å². The number of benzene rings is 1. The molecule has 116 valence electrons. The zero-order chi connectivity index (χ0) is 14.5. The number of hydrogen-bond donors (Lipinski definition) is 1. The second-order valence-electron chi connectivity index (χ2n) is 7.13. The van der Waals surface area contributed by atoms with Gasteiger partial charge in [0.15, 0.2) is 0 Å². The fourth-order valence-corrected chi connectivity index (χ4v) is 4.54. The van der Waals surface area contributed by atoms with Gasteiger partial charge in [0.05, 0.1) is 0 Å². The van der Waals surface area contributed by atoms with E-state index in [1.165, 1.54) is 64.3 Å². The summed E-state index contributed by atoms with van der Waals surface area (Å²) in [7, 11) is 0. The van der Waals surface area contributed by atoms with Gasteiger partial charge >= 0.3 is 0 Å². The summed E-state index contributed by atoms with van der Waals surface area (Å²) < 4.78 is 0. The molecule has 2 aliphatic carbocycles. The number of rotatable bonds is 6. The van der Waals surface area contributed by atoms with Crippen LogP contribution >= 0.6 is 0 Å². The van der Waals surface area contributed by atoms with Crippen LogP contribution in [0.25, 0.3) is 0 Å². The molecular weight excluding hydrogens is 254 g/mol. The molecule has 0 aliphatic heterocycles. The van der Waals surface area contributed by atoms with E-state index < -0.39 is 0 Å². The Labute approximate surface area is 130 Å². The van der Waals surface area contributed by atoms with Crippen LogP contribution in [0, 0.1) is 5.92 Å². The van der Waals surface area contributed by atoms with E-state index in [1.54, 1.807) is 11.1 Å². The molecule has 1 aromatic carbocycles. The van der Waals surface area contributed by atoms with E-state index >= 15 is 0 Å². The van der Waals surface area contributed by atoms with Crippen LogP contribution in [0.4, 0.5) is 0 Å². The summed E-state index contributed by atoms with van der Waals surface area (Å²) in [5, 5.41) is 3.89. The summed E-state index contributed by atoms with van der Waals surface area (Å²) >= 11 is 0. The maximum atomic E-state index is 3.89. The summed E-state index contributed by atoms with van der Waals surface area (Å²) in [6.07, 6.45) is 12.5. The lowest BCUT2D eigenvalue weighted by Crippen LogP contribution is -2.37. The molecule has 21 heavy (non-hydrogen) atoms. The van der Waals surface area contributed by atoms with Crippen molar-refractivity contribution in [3.8, 4) is 0 Å². The summed E-state index contributed by atoms with van der Waals surface area (Å²) in [6, 6.07) is 9.95. The largest absolute Gasteiger partial charge is 0.314 e. The van der Waals surface area contributed by atoms with E-state index in [1.807, 2.05) is 0 Å². The normalized spacial score (nSPS) is 24.0. The van der Waals surface area contributed by atoms with E-state index in [9.17, 15) is 0 Å². The highest BCUT2D eigenvalue weighted by molar-refractivity contribution is 5.32. The van der Waals surface area contributed by atoms with Gasteiger partial charge in [0.2, 0.25) is 0 Å². The third-order valence-electron chi connectivity index (χ3n) is 5.66. The Morgan fingerprint density at radius 1 is 1.10 bits per heavy atom. The van der Waals surface area contributed by atoms with Gasteiger partial charge in [-0.3, -0.25) is 0 Å². The number of hydrogen-bond acceptors (Lipinski definition) is 1. The highest BCUT2D eigenvalue weighted by Crippen LogP contribution is 2.38. The summed E-state index contributed by atoms with van der Waals surface area (Å²) in [5.41, 5.74) is 3.28. The van der Waals surface area contributed by atoms with Gasteiger partial charge in [-0.1, -0.05) is 44.0 Å². The SMILES string of the molecule is CCCNC(CC1CCCc2ccccc21)C1CCCC1. The van der Waals surface area contributed by atoms with Crippen molar-refractivity contribution < 1.29 is 0 Å². The second-order valence-corrected chi connectivity index (χ2v) is 7.13. The molecule has 1 aromatic rings. The quantitative estimate of drug-likeness (QED) is 0.770. The molecule has 2 aliphatic rings. The highest BCUT2D eigenvalue weighted by atomic mass is 14.9. The fourth-order valence-electron chi connectivity index (χ4n) is 4.54. The molecule has 0 heterocycles. The molecule has 0 amide bonds. The smallest absolute Gasteiger partial charge is 0.0101 e. The molecule has 3 rings (SSSR count). The van der Waals surface area contributed by atoms with Crippen molar-refractivity contribution >= 4 is 0 Å². The first-order valence-corrected chi connectivity index (χ1v) is 9.19. The van der Waals surface area contributed by atoms with Crippen LogP contribution in [-0.4, -0.2) is 12.6 Å². The van der Waals surface area contributed by atoms with Crippen molar-refractivity contribution in [2.24, 2.45) is 5.92 Å². The van der Waals surface area contributed by atoms with Crippen molar-refractivity contribution in [3.05, 3.63) is 35.4 Å². The van der Waals surface area contributed by atoms with Crippen LogP contribution in [0.5, 0.6) is 0 Å². The van der Waals surface area contributed by atoms with E-state index in [-0.39, 0.29) is 0 Å². The molecule has 1 nitrogen and oxygen atoms in total. The zero-order valence-electron chi connectivity index (χ0n) is 13.6. The van der Waals surface area contributed by atoms with Gasteiger partial charge < -0.3 is 5.32 Å². The van der Waals surface area contributed by atoms with Crippen molar-refractivity contribution in [1.82, 2.24) is 5.32 Å². The van der Waals surface area contributed by atoms with Gasteiger partial charge in [0.25, 0.3) is 0 Å². The third-order valence-corrected chi connectivity index (χ3v) is 5.66. The molecule has 2 atom stereocenters. The van der Waals surface area contributed by atoms with Gasteiger partial charge in [0, 0.05) is 6.04 Å². The number of fused-ring (bicyclic) bond motifs is 1. The van der Waals surface area contributed by atoms with Gasteiger partial charge in [-0.2, -0.15) is 0 Å². The monoisotopic (exact) mass is 285 g/mol. The number of aryl methyl sites for hydroxylation is 1. The lowest BCUT2D eigenvalue weighted by molar-refractivity contribution is 0.310. The summed E-state index contributed by atoms with van der Waals surface area (Å²) in [6.45, 7) is 3.48. The first-order valence-electron chi connectivity index (χ1n) is 9.19. The summed E-state index contributed by atoms with van der Waals surface area (Å²) in [4.78, 5) is 0. The Bertz CT molecular complexity index is 433. The van der Waals surface area contributed by atoms with Crippen molar-refractivity contribution in [3.63, 3.8) is 0 Å². The fraction of sp³-hybridized carbons (Fsp3) is 0.700. The van der Waals surface area contributed by atoms with Gasteiger partial charge in [-0.25, -0.2) is 0 Å². The topological polar surface area (TPSA) is 12.0 Å². The highest BCUT2D eigenvalue weighted by Gasteiger charge is 2.29. The van der Waals surface area contributed by atoms with E-state index in [0.29, 0.717) is 0 Å². The predicted molar refractivity (Wildman–Crippen MR) is 90.8 cm³/mol. The van der Waals surface area contributed by atoms with Crippen molar-refractivity contribution in [2.75, 3.05) is 6.54 Å². The lowest BCUT2D eigenvalue weighted by Gasteiger charge is -2.32. The van der Waals surface area contributed by atoms with E-state index in [2.05, 4.69) is 36.5 Å². The molecule has 1 fully saturated rings. The zero-order valence-corrected chi connectivity index (χ0v) is 13.6. The molecule has 1 heteroatoms. The maximum absolute atomic E-state index is 3.89. The van der Waals surface area contributed by atoms with E-state index in [0.717, 1.165) is 17.9 Å². The molecule has 0 radical (unpaired) electrons. The average molecular weight is 285 g/mol. The molecular formula is C20H31N. The minimum Gasteiger partial charge on any atom is -0.314 e. The Hall–Kier alpha value is -0.820. The predicted octanol–water partition coefficient (Wildman–Crippen LogP) is 5.06. The Morgan fingerprint density at radius 3 is 2.71 bits per heavy atom. The lowest BCUT2D eigenvalue weighted by atomic mass is 9.77. The minimum atomic E-state index is 0.753. The molecule has 0 saturated heterocycles. The van der Waals surface area contributed by atoms with E-state index in [4.69, 9.17) is 0 Å². The molecule has 2 unspecified atom stereocenters. The minimum absolute atomic E-state index is 0.753. The standard InChI is InChI=1S/C20H31N/c1-2-14-21-20(17-9-3-4-10-17)15-18-12-7-11-16-8-5-6-13-19(16)18/h5-6,8,13,17-18,20-21H,2-4,7,9-12,14-15H2,1H3. The second kappa shape index (κ2) is 7.45. The maximum Gasteiger partial charge on any atom is 0.0101 e. The van der Waals surface area contributed by atoms with Crippen LogP contribution in [0.15, 0.2) is 24.3 Å². The van der Waals surface area contributed by atoms with Gasteiger partial charge in [-0.05, 0) is 74.5 Å². The van der Waals surface area contributed by atoms with Crippen molar-refractivity contribution in [2.45, 2.75) is 76.7 Å². The molecule has 1 saturated carbocycles. The van der Waals surface area contributed by atoms with Crippen LogP contribution in [0.2, 0.25) is 0 Å². The summed E-state index contributed by atoms with van der Waals surface area (Å²) in [5.74, 6) is 1.73. The molecule has 1 N–H and O–H groups in total. The van der Waals surface area contributed by atoms with Gasteiger partial charge in [0.1, 0.15) is 0 Å². The third kappa shape index (κ3) is 3.69. The Kier molecular flexibility index (Phi) is 5.35. The van der Waals surface area contributed by atoms with Crippen LogP contribution in [-0.2, 0) is 6.42 Å². The van der Waals surface area contributed by atoms with Gasteiger partial charge in [-0.15, -0.1) is 0 Å². The Morgan fingerprint density at radius 2 is 1.90 bits per heavy atom. The number of nitrogens with one attached hydrogen (secondary N) is 1. The molecule has 0 bridgehead atoms. The van der Waals surface area contributed by atoms with Crippen LogP contribution in [0.3, 0.4) is 0 Å². The van der Waals surface area contributed by atoms with Crippen LogP contribution in [0.1, 0.15) is 75.3 Å².